The van der Waals surface area contributed by atoms with Crippen molar-refractivity contribution in [3.63, 3.8) is 0 Å². The Kier molecular flexibility index (Phi) is 4.43. The van der Waals surface area contributed by atoms with Gasteiger partial charge in [-0.05, 0) is 45.5 Å². The monoisotopic (exact) mass is 313 g/mol. The first-order valence-corrected chi connectivity index (χ1v) is 8.00. The van der Waals surface area contributed by atoms with Crippen LogP contribution in [0.2, 0.25) is 0 Å². The molecule has 1 saturated heterocycles. The summed E-state index contributed by atoms with van der Waals surface area (Å²) >= 11 is 0. The van der Waals surface area contributed by atoms with Gasteiger partial charge in [-0.1, -0.05) is 30.3 Å². The van der Waals surface area contributed by atoms with E-state index in [1.54, 1.807) is 6.92 Å². The Bertz CT molecular complexity index is 659. The quantitative estimate of drug-likeness (QED) is 0.897. The van der Waals surface area contributed by atoms with Gasteiger partial charge in [0.15, 0.2) is 5.69 Å². The lowest BCUT2D eigenvalue weighted by molar-refractivity contribution is 0.0922. The van der Waals surface area contributed by atoms with Gasteiger partial charge in [-0.3, -0.25) is 4.79 Å². The summed E-state index contributed by atoms with van der Waals surface area (Å²) in [6, 6.07) is 10.5. The van der Waals surface area contributed by atoms with Crippen LogP contribution in [0.1, 0.15) is 34.6 Å². The first-order chi connectivity index (χ1) is 11.1. The molecule has 23 heavy (non-hydrogen) atoms. The summed E-state index contributed by atoms with van der Waals surface area (Å²) in [5.74, 6) is -0.162. The molecule has 1 aliphatic rings. The number of likely N-dealkylation sites (tertiary alicyclic amines) is 1. The predicted octanol–water partition coefficient (Wildman–Crippen LogP) is 1.51. The van der Waals surface area contributed by atoms with Crippen molar-refractivity contribution in [2.45, 2.75) is 25.2 Å². The van der Waals surface area contributed by atoms with Crippen molar-refractivity contribution in [2.24, 2.45) is 0 Å². The molecule has 1 fully saturated rings. The van der Waals surface area contributed by atoms with Gasteiger partial charge in [-0.15, -0.1) is 0 Å². The molecule has 0 aliphatic carbocycles. The van der Waals surface area contributed by atoms with E-state index in [4.69, 9.17) is 0 Å². The van der Waals surface area contributed by atoms with Crippen LogP contribution < -0.4 is 5.32 Å². The summed E-state index contributed by atoms with van der Waals surface area (Å²) in [7, 11) is 2.15. The van der Waals surface area contributed by atoms with Crippen molar-refractivity contribution < 1.29 is 4.79 Å². The molecule has 1 aromatic carbocycles. The van der Waals surface area contributed by atoms with Gasteiger partial charge >= 0.3 is 0 Å². The van der Waals surface area contributed by atoms with Crippen LogP contribution in [-0.4, -0.2) is 52.9 Å². The largest absolute Gasteiger partial charge is 0.350 e. The molecule has 0 radical (unpaired) electrons. The van der Waals surface area contributed by atoms with E-state index in [1.807, 2.05) is 6.07 Å². The molecule has 0 saturated carbocycles. The van der Waals surface area contributed by atoms with Crippen LogP contribution >= 0.6 is 0 Å². The highest BCUT2D eigenvalue weighted by Crippen LogP contribution is 2.34. The molecule has 2 heterocycles. The predicted molar refractivity (Wildman–Crippen MR) is 88.3 cm³/mol. The standard InChI is InChI=1S/C17H23N5O/c1-13-15(20-21-19-13)16(23)18-12-17(8-10-22(2)11-9-17)14-6-4-3-5-7-14/h3-7H,8-12H2,1-2H3,(H,18,23)(H,19,20,21). The normalized spacial score (nSPS) is 17.8. The smallest absolute Gasteiger partial charge is 0.273 e. The number of carbonyl (C=O) groups excluding carboxylic acids is 1. The zero-order chi connectivity index (χ0) is 16.3. The molecule has 1 amide bonds. The highest BCUT2D eigenvalue weighted by atomic mass is 16.2. The first-order valence-electron chi connectivity index (χ1n) is 8.00. The van der Waals surface area contributed by atoms with Crippen LogP contribution in [0.5, 0.6) is 0 Å². The highest BCUT2D eigenvalue weighted by Gasteiger charge is 2.36. The number of hydrogen-bond donors (Lipinski definition) is 2. The van der Waals surface area contributed by atoms with Crippen molar-refractivity contribution in [3.8, 4) is 0 Å². The molecule has 0 unspecified atom stereocenters. The molecule has 1 aliphatic heterocycles. The molecule has 6 nitrogen and oxygen atoms in total. The van der Waals surface area contributed by atoms with Gasteiger partial charge in [-0.25, -0.2) is 0 Å². The van der Waals surface area contributed by atoms with E-state index in [2.05, 4.69) is 56.9 Å². The fraction of sp³-hybridized carbons (Fsp3) is 0.471. The summed E-state index contributed by atoms with van der Waals surface area (Å²) < 4.78 is 0. The van der Waals surface area contributed by atoms with E-state index >= 15 is 0 Å². The van der Waals surface area contributed by atoms with E-state index in [1.165, 1.54) is 5.56 Å². The number of rotatable bonds is 4. The van der Waals surface area contributed by atoms with Gasteiger partial charge in [-0.2, -0.15) is 15.4 Å². The lowest BCUT2D eigenvalue weighted by Crippen LogP contribution is -2.48. The maximum atomic E-state index is 12.4. The summed E-state index contributed by atoms with van der Waals surface area (Å²) in [5.41, 5.74) is 2.28. The zero-order valence-electron chi connectivity index (χ0n) is 13.7. The molecule has 122 valence electrons. The van der Waals surface area contributed by atoms with Crippen molar-refractivity contribution in [1.29, 1.82) is 0 Å². The Balaban J connectivity index is 1.77. The third kappa shape index (κ3) is 3.27. The minimum Gasteiger partial charge on any atom is -0.350 e. The second-order valence-corrected chi connectivity index (χ2v) is 6.39. The molecule has 6 heteroatoms. The Labute approximate surface area is 136 Å². The van der Waals surface area contributed by atoms with E-state index in [0.717, 1.165) is 25.9 Å². The summed E-state index contributed by atoms with van der Waals surface area (Å²) in [6.07, 6.45) is 2.07. The van der Waals surface area contributed by atoms with Crippen LogP contribution in [-0.2, 0) is 5.41 Å². The summed E-state index contributed by atoms with van der Waals surface area (Å²) in [4.78, 5) is 14.7. The number of H-pyrrole nitrogens is 1. The number of aromatic nitrogens is 3. The number of hydrogen-bond acceptors (Lipinski definition) is 4. The van der Waals surface area contributed by atoms with Crippen LogP contribution in [0, 0.1) is 6.92 Å². The summed E-state index contributed by atoms with van der Waals surface area (Å²) in [5, 5.41) is 13.4. The first kappa shape index (κ1) is 15.7. The van der Waals surface area contributed by atoms with Crippen LogP contribution in [0.4, 0.5) is 0 Å². The van der Waals surface area contributed by atoms with E-state index in [9.17, 15) is 4.79 Å². The molecule has 2 aromatic rings. The van der Waals surface area contributed by atoms with Gasteiger partial charge in [0, 0.05) is 12.0 Å². The second-order valence-electron chi connectivity index (χ2n) is 6.39. The van der Waals surface area contributed by atoms with E-state index in [0.29, 0.717) is 17.9 Å². The van der Waals surface area contributed by atoms with Gasteiger partial charge in [0.1, 0.15) is 0 Å². The van der Waals surface area contributed by atoms with Crippen molar-refractivity contribution >= 4 is 5.91 Å². The fourth-order valence-corrected chi connectivity index (χ4v) is 3.24. The van der Waals surface area contributed by atoms with Gasteiger partial charge in [0.05, 0.1) is 5.69 Å². The van der Waals surface area contributed by atoms with Gasteiger partial charge in [0.2, 0.25) is 0 Å². The molecule has 1 aromatic heterocycles. The molecule has 0 atom stereocenters. The number of aromatic amines is 1. The molecule has 2 N–H and O–H groups in total. The Morgan fingerprint density at radius 3 is 2.57 bits per heavy atom. The van der Waals surface area contributed by atoms with E-state index < -0.39 is 0 Å². The van der Waals surface area contributed by atoms with Gasteiger partial charge < -0.3 is 10.2 Å². The number of aryl methyl sites for hydroxylation is 1. The molecule has 3 rings (SSSR count). The number of nitrogens with one attached hydrogen (secondary N) is 2. The molecular weight excluding hydrogens is 290 g/mol. The Morgan fingerprint density at radius 2 is 1.96 bits per heavy atom. The van der Waals surface area contributed by atoms with Crippen molar-refractivity contribution in [2.75, 3.05) is 26.7 Å². The van der Waals surface area contributed by atoms with Crippen LogP contribution in [0.3, 0.4) is 0 Å². The van der Waals surface area contributed by atoms with E-state index in [-0.39, 0.29) is 11.3 Å². The highest BCUT2D eigenvalue weighted by molar-refractivity contribution is 5.93. The lowest BCUT2D eigenvalue weighted by atomic mass is 9.72. The Hall–Kier alpha value is -2.21. The SMILES string of the molecule is Cc1n[nH]nc1C(=O)NCC1(c2ccccc2)CCN(C)CC1. The third-order valence-electron chi connectivity index (χ3n) is 4.85. The number of nitrogens with zero attached hydrogens (tertiary/aromatic N) is 3. The van der Waals surface area contributed by atoms with Crippen molar-refractivity contribution in [1.82, 2.24) is 25.6 Å². The average Bonchev–Trinajstić information content (AvgIpc) is 3.01. The Morgan fingerprint density at radius 1 is 1.26 bits per heavy atom. The number of carbonyl (C=O) groups is 1. The van der Waals surface area contributed by atoms with Crippen molar-refractivity contribution in [3.05, 3.63) is 47.3 Å². The van der Waals surface area contributed by atoms with Crippen LogP contribution in [0.25, 0.3) is 0 Å². The number of amides is 1. The fourth-order valence-electron chi connectivity index (χ4n) is 3.24. The topological polar surface area (TPSA) is 73.9 Å². The molecule has 0 spiro atoms. The minimum atomic E-state index is -0.162. The molecular formula is C17H23N5O. The number of benzene rings is 1. The average molecular weight is 313 g/mol. The summed E-state index contributed by atoms with van der Waals surface area (Å²) in [6.45, 7) is 4.47. The van der Waals surface area contributed by atoms with Crippen LogP contribution in [0.15, 0.2) is 30.3 Å². The zero-order valence-corrected chi connectivity index (χ0v) is 13.7. The third-order valence-corrected chi connectivity index (χ3v) is 4.85. The lowest BCUT2D eigenvalue weighted by Gasteiger charge is -2.41. The number of piperidine rings is 1. The van der Waals surface area contributed by atoms with Gasteiger partial charge in [0.25, 0.3) is 5.91 Å². The minimum absolute atomic E-state index is 0.0128. The molecule has 0 bridgehead atoms. The maximum Gasteiger partial charge on any atom is 0.273 e. The second kappa shape index (κ2) is 6.50. The maximum absolute atomic E-state index is 12.4.